The number of nitrogens with zero attached hydrogens (tertiary/aromatic N) is 3. The molecule has 1 aromatic carbocycles. The van der Waals surface area contributed by atoms with Gasteiger partial charge in [-0.2, -0.15) is 17.5 Å². The molecule has 0 spiro atoms. The van der Waals surface area contributed by atoms with Crippen LogP contribution in [0.1, 0.15) is 12.5 Å². The maximum atomic E-state index is 13.2. The molecule has 2 aliphatic rings. The van der Waals surface area contributed by atoms with Gasteiger partial charge in [0.15, 0.2) is 5.60 Å². The number of hydrogen-bond acceptors (Lipinski definition) is 7. The van der Waals surface area contributed by atoms with Crippen LogP contribution in [0.2, 0.25) is 0 Å². The van der Waals surface area contributed by atoms with Crippen molar-refractivity contribution in [2.24, 2.45) is 0 Å². The summed E-state index contributed by atoms with van der Waals surface area (Å²) in [5, 5.41) is 11.7. The Kier molecular flexibility index (Phi) is 7.28. The van der Waals surface area contributed by atoms with E-state index in [0.717, 1.165) is 20.0 Å². The molecular formula is C22H28F3N3O4S2. The highest BCUT2D eigenvalue weighted by molar-refractivity contribution is 7.91. The Bertz CT molecular complexity index is 1050. The first-order valence-electron chi connectivity index (χ1n) is 11.0. The number of ether oxygens (including phenoxy) is 1. The van der Waals surface area contributed by atoms with Gasteiger partial charge in [0.05, 0.1) is 19.3 Å². The molecule has 1 aromatic heterocycles. The predicted molar refractivity (Wildman–Crippen MR) is 124 cm³/mol. The summed E-state index contributed by atoms with van der Waals surface area (Å²) in [4.78, 5) is 4.26. The van der Waals surface area contributed by atoms with Crippen molar-refractivity contribution in [3.8, 4) is 0 Å². The van der Waals surface area contributed by atoms with Crippen LogP contribution in [-0.4, -0.2) is 87.4 Å². The number of anilines is 1. The van der Waals surface area contributed by atoms with Gasteiger partial charge in [0.25, 0.3) is 10.0 Å². The van der Waals surface area contributed by atoms with Crippen molar-refractivity contribution in [1.29, 1.82) is 0 Å². The Balaban J connectivity index is 1.58. The number of sulfonamides is 1. The maximum Gasteiger partial charge on any atom is 0.421 e. The molecule has 7 nitrogen and oxygen atoms in total. The largest absolute Gasteiger partial charge is 0.421 e. The molecule has 0 saturated carbocycles. The Morgan fingerprint density at radius 1 is 1.09 bits per heavy atom. The van der Waals surface area contributed by atoms with Crippen molar-refractivity contribution in [2.45, 2.75) is 29.0 Å². The number of thiophene rings is 1. The summed E-state index contributed by atoms with van der Waals surface area (Å²) in [6, 6.07) is 8.78. The van der Waals surface area contributed by atoms with Crippen LogP contribution in [0.4, 0.5) is 18.9 Å². The van der Waals surface area contributed by atoms with Gasteiger partial charge < -0.3 is 14.7 Å². The van der Waals surface area contributed by atoms with Crippen LogP contribution in [0.15, 0.2) is 46.0 Å². The lowest BCUT2D eigenvalue weighted by atomic mass is 9.95. The fourth-order valence-electron chi connectivity index (χ4n) is 4.30. The molecule has 0 aliphatic carbocycles. The predicted octanol–water partition coefficient (Wildman–Crippen LogP) is 2.73. The van der Waals surface area contributed by atoms with Crippen LogP contribution >= 0.6 is 11.3 Å². The molecule has 0 radical (unpaired) electrons. The molecular weight excluding hydrogens is 491 g/mol. The highest BCUT2D eigenvalue weighted by Crippen LogP contribution is 2.39. The van der Waals surface area contributed by atoms with Gasteiger partial charge in [-0.25, -0.2) is 8.42 Å². The Morgan fingerprint density at radius 2 is 1.76 bits per heavy atom. The summed E-state index contributed by atoms with van der Waals surface area (Å²) >= 11 is 1.18. The van der Waals surface area contributed by atoms with Gasteiger partial charge in [0.1, 0.15) is 4.21 Å². The molecule has 2 fully saturated rings. The van der Waals surface area contributed by atoms with Crippen molar-refractivity contribution < 1.29 is 31.4 Å². The van der Waals surface area contributed by atoms with E-state index in [1.165, 1.54) is 27.8 Å². The summed E-state index contributed by atoms with van der Waals surface area (Å²) in [5.74, 6) is 0. The number of alkyl halides is 3. The van der Waals surface area contributed by atoms with Crippen molar-refractivity contribution in [2.75, 3.05) is 57.4 Å². The SMILES string of the molecule is C[C@](O)(c1ccc(N2CCN(S(=O)(=O)c3cccs3)C[C@H]2CN2CCOCC2)cc1)C(F)(F)F. The van der Waals surface area contributed by atoms with Crippen LogP contribution in [0.25, 0.3) is 0 Å². The zero-order chi connectivity index (χ0) is 24.6. The second-order valence-corrected chi connectivity index (χ2v) is 11.8. The zero-order valence-corrected chi connectivity index (χ0v) is 20.4. The average Bonchev–Trinajstić information content (AvgIpc) is 3.35. The van der Waals surface area contributed by atoms with Gasteiger partial charge in [0.2, 0.25) is 0 Å². The average molecular weight is 520 g/mol. The van der Waals surface area contributed by atoms with Gasteiger partial charge in [-0.15, -0.1) is 11.3 Å². The van der Waals surface area contributed by atoms with E-state index in [-0.39, 0.29) is 24.7 Å². The van der Waals surface area contributed by atoms with Crippen molar-refractivity contribution in [3.05, 3.63) is 47.3 Å². The molecule has 2 atom stereocenters. The summed E-state index contributed by atoms with van der Waals surface area (Å²) in [7, 11) is -3.62. The fourth-order valence-corrected chi connectivity index (χ4v) is 6.91. The number of halogens is 3. The molecule has 0 unspecified atom stereocenters. The number of hydrogen-bond donors (Lipinski definition) is 1. The van der Waals surface area contributed by atoms with Crippen LogP contribution in [0, 0.1) is 0 Å². The lowest BCUT2D eigenvalue weighted by Gasteiger charge is -2.44. The standard InChI is InChI=1S/C22H28F3N3O4S2/c1-21(29,22(23,24)25)17-4-6-18(7-5-17)28-9-8-27(34(30,31)20-3-2-14-33-20)16-19(28)15-26-10-12-32-13-11-26/h2-7,14,19,29H,8-13,15-16H2,1H3/t19-,21+/m1/s1. The third-order valence-electron chi connectivity index (χ3n) is 6.42. The molecule has 1 N–H and O–H groups in total. The van der Waals surface area contributed by atoms with Gasteiger partial charge in [0, 0.05) is 45.0 Å². The topological polar surface area (TPSA) is 73.3 Å². The van der Waals surface area contributed by atoms with Gasteiger partial charge in [-0.1, -0.05) is 18.2 Å². The summed E-state index contributed by atoms with van der Waals surface area (Å²) < 4.78 is 73.2. The lowest BCUT2D eigenvalue weighted by molar-refractivity contribution is -0.258. The van der Waals surface area contributed by atoms with Gasteiger partial charge in [-0.3, -0.25) is 4.90 Å². The van der Waals surface area contributed by atoms with Crippen LogP contribution < -0.4 is 4.90 Å². The maximum absolute atomic E-state index is 13.2. The van der Waals surface area contributed by atoms with Gasteiger partial charge >= 0.3 is 6.18 Å². The summed E-state index contributed by atoms with van der Waals surface area (Å²) in [5.41, 5.74) is -2.51. The van der Waals surface area contributed by atoms with Crippen molar-refractivity contribution >= 4 is 27.0 Å². The Hall–Kier alpha value is -1.70. The lowest BCUT2D eigenvalue weighted by Crippen LogP contribution is -2.59. The first-order valence-corrected chi connectivity index (χ1v) is 13.3. The molecule has 3 heterocycles. The van der Waals surface area contributed by atoms with E-state index in [2.05, 4.69) is 4.90 Å². The second kappa shape index (κ2) is 9.75. The normalized spacial score (nSPS) is 23.1. The number of aliphatic hydroxyl groups is 1. The van der Waals surface area contributed by atoms with Gasteiger partial charge in [-0.05, 0) is 36.1 Å². The molecule has 12 heteroatoms. The molecule has 0 amide bonds. The molecule has 4 rings (SSSR count). The Morgan fingerprint density at radius 3 is 2.35 bits per heavy atom. The Labute approximate surface area is 201 Å². The van der Waals surface area contributed by atoms with E-state index in [4.69, 9.17) is 4.74 Å². The third-order valence-corrected chi connectivity index (χ3v) is 9.66. The minimum absolute atomic E-state index is 0.199. The number of benzene rings is 1. The number of morpholine rings is 1. The molecule has 0 bridgehead atoms. The molecule has 188 valence electrons. The second-order valence-electron chi connectivity index (χ2n) is 8.67. The van der Waals surface area contributed by atoms with E-state index < -0.39 is 21.8 Å². The first kappa shape index (κ1) is 25.4. The van der Waals surface area contributed by atoms with E-state index in [9.17, 15) is 26.7 Å². The van der Waals surface area contributed by atoms with Crippen molar-refractivity contribution in [3.63, 3.8) is 0 Å². The van der Waals surface area contributed by atoms with E-state index in [0.29, 0.717) is 36.2 Å². The zero-order valence-electron chi connectivity index (χ0n) is 18.7. The van der Waals surface area contributed by atoms with Crippen LogP contribution in [0.5, 0.6) is 0 Å². The van der Waals surface area contributed by atoms with Crippen LogP contribution in [-0.2, 0) is 20.4 Å². The van der Waals surface area contributed by atoms with Crippen molar-refractivity contribution in [1.82, 2.24) is 9.21 Å². The molecule has 2 aliphatic heterocycles. The van der Waals surface area contributed by atoms with Crippen LogP contribution in [0.3, 0.4) is 0 Å². The summed E-state index contributed by atoms with van der Waals surface area (Å²) in [6.07, 6.45) is -4.80. The highest BCUT2D eigenvalue weighted by atomic mass is 32.2. The smallest absolute Gasteiger partial charge is 0.379 e. The minimum atomic E-state index is -4.80. The summed E-state index contributed by atoms with van der Waals surface area (Å²) in [6.45, 7) is 4.93. The van der Waals surface area contributed by atoms with E-state index >= 15 is 0 Å². The quantitative estimate of drug-likeness (QED) is 0.633. The fraction of sp³-hybridized carbons (Fsp3) is 0.545. The monoisotopic (exact) mass is 519 g/mol. The number of piperazine rings is 1. The molecule has 2 aromatic rings. The first-order chi connectivity index (χ1) is 16.0. The molecule has 2 saturated heterocycles. The highest BCUT2D eigenvalue weighted by Gasteiger charge is 2.51. The minimum Gasteiger partial charge on any atom is -0.379 e. The van der Waals surface area contributed by atoms with E-state index in [1.54, 1.807) is 29.6 Å². The third kappa shape index (κ3) is 5.12. The number of rotatable bonds is 6. The molecule has 34 heavy (non-hydrogen) atoms. The van der Waals surface area contributed by atoms with E-state index in [1.807, 2.05) is 4.90 Å².